The Morgan fingerprint density at radius 1 is 1.34 bits per heavy atom. The molecule has 0 atom stereocenters. The number of anilines is 2. The number of esters is 1. The van der Waals surface area contributed by atoms with Gasteiger partial charge in [0.05, 0.1) is 19.3 Å². The maximum Gasteiger partial charge on any atom is 0.357 e. The van der Waals surface area contributed by atoms with Crippen molar-refractivity contribution >= 4 is 39.9 Å². The summed E-state index contributed by atoms with van der Waals surface area (Å²) in [6, 6.07) is 4.57. The Morgan fingerprint density at radius 3 is 2.84 bits per heavy atom. The van der Waals surface area contributed by atoms with Crippen LogP contribution in [0.25, 0.3) is 0 Å². The third-order valence-electron chi connectivity index (χ3n) is 5.89. The molecule has 2 N–H and O–H groups in total. The molecule has 0 saturated carbocycles. The molecule has 1 aliphatic rings. The zero-order valence-corrected chi connectivity index (χ0v) is 23.3. The average Bonchev–Trinajstić information content (AvgIpc) is 3.31. The number of carbonyl (C=O) groups excluding carboxylic acids is 1. The van der Waals surface area contributed by atoms with E-state index in [2.05, 4.69) is 27.0 Å². The summed E-state index contributed by atoms with van der Waals surface area (Å²) >= 11 is 7.58. The van der Waals surface area contributed by atoms with Gasteiger partial charge < -0.3 is 20.1 Å². The summed E-state index contributed by atoms with van der Waals surface area (Å²) in [5.74, 6) is 5.57. The Kier molecular flexibility index (Phi) is 8.51. The number of rotatable bonds is 7. The lowest BCUT2D eigenvalue weighted by Gasteiger charge is -2.28. The van der Waals surface area contributed by atoms with Crippen molar-refractivity contribution in [1.82, 2.24) is 15.2 Å². The molecule has 0 unspecified atom stereocenters. The summed E-state index contributed by atoms with van der Waals surface area (Å²) in [7, 11) is 1.33. The van der Waals surface area contributed by atoms with Crippen LogP contribution in [-0.4, -0.2) is 47.0 Å². The van der Waals surface area contributed by atoms with Gasteiger partial charge in [0.2, 0.25) is 0 Å². The zero-order valence-electron chi connectivity index (χ0n) is 21.7. The smallest absolute Gasteiger partial charge is 0.357 e. The van der Waals surface area contributed by atoms with Gasteiger partial charge in [-0.05, 0) is 70.2 Å². The number of carbonyl (C=O) groups is 1. The van der Waals surface area contributed by atoms with Crippen molar-refractivity contribution in [3.63, 3.8) is 0 Å². The van der Waals surface area contributed by atoms with Crippen molar-refractivity contribution < 1.29 is 18.7 Å². The van der Waals surface area contributed by atoms with Crippen molar-refractivity contribution in [2.45, 2.75) is 52.0 Å². The number of nitrogens with two attached hydrogens (primary N) is 1. The maximum atomic E-state index is 14.5. The van der Waals surface area contributed by atoms with Crippen molar-refractivity contribution in [2.75, 3.05) is 25.2 Å². The molecule has 200 valence electrons. The molecular weight excluding hydrogens is 529 g/mol. The van der Waals surface area contributed by atoms with Gasteiger partial charge in [0.1, 0.15) is 0 Å². The minimum absolute atomic E-state index is 0.137. The molecule has 8 nitrogen and oxygen atoms in total. The van der Waals surface area contributed by atoms with Gasteiger partial charge in [-0.15, -0.1) is 21.5 Å². The highest BCUT2D eigenvalue weighted by Crippen LogP contribution is 2.38. The Morgan fingerprint density at radius 2 is 2.13 bits per heavy atom. The minimum atomic E-state index is -0.664. The SMILES string of the molecule is COC(=O)c1nc(N2CCCc3c2nnc(Cl)c3C)sc1CCCOc1ccc(C#CC(C)(C)N)cc1F. The zero-order chi connectivity index (χ0) is 27.4. The van der Waals surface area contributed by atoms with Gasteiger partial charge in [-0.2, -0.15) is 0 Å². The minimum Gasteiger partial charge on any atom is -0.491 e. The molecule has 0 amide bonds. The number of aryl methyl sites for hydroxylation is 1. The molecule has 0 saturated heterocycles. The average molecular weight is 558 g/mol. The van der Waals surface area contributed by atoms with Crippen LogP contribution in [0.15, 0.2) is 18.2 Å². The fraction of sp³-hybridized carbons (Fsp3) is 0.407. The molecule has 1 aliphatic heterocycles. The van der Waals surface area contributed by atoms with Crippen LogP contribution in [0.1, 0.15) is 58.7 Å². The Balaban J connectivity index is 1.46. The van der Waals surface area contributed by atoms with E-state index in [9.17, 15) is 9.18 Å². The predicted molar refractivity (Wildman–Crippen MR) is 146 cm³/mol. The van der Waals surface area contributed by atoms with E-state index in [0.717, 1.165) is 28.8 Å². The maximum absolute atomic E-state index is 14.5. The fourth-order valence-electron chi connectivity index (χ4n) is 3.97. The summed E-state index contributed by atoms with van der Waals surface area (Å²) < 4.78 is 25.1. The van der Waals surface area contributed by atoms with Gasteiger partial charge in [0, 0.05) is 22.5 Å². The van der Waals surface area contributed by atoms with E-state index in [1.165, 1.54) is 24.5 Å². The van der Waals surface area contributed by atoms with Gasteiger partial charge in [-0.25, -0.2) is 14.2 Å². The standard InChI is InChI=1S/C27H29ClFN5O3S/c1-16-18-7-5-13-34(24(18)33-32-23(16)28)26-31-22(25(35)36-4)21(38-26)8-6-14-37-20-10-9-17(15-19(20)29)11-12-27(2,3)30/h9-10,15H,5-8,13-14,30H2,1-4H3. The number of fused-ring (bicyclic) bond motifs is 1. The van der Waals surface area contributed by atoms with Crippen molar-refractivity contribution in [1.29, 1.82) is 0 Å². The number of halogens is 2. The quantitative estimate of drug-likeness (QED) is 0.246. The van der Waals surface area contributed by atoms with Gasteiger partial charge in [0.15, 0.2) is 33.4 Å². The second kappa shape index (κ2) is 11.6. The molecule has 0 aliphatic carbocycles. The number of methoxy groups -OCH3 is 1. The molecule has 38 heavy (non-hydrogen) atoms. The molecule has 3 aromatic rings. The van der Waals surface area contributed by atoms with E-state index in [4.69, 9.17) is 26.8 Å². The summed E-state index contributed by atoms with van der Waals surface area (Å²) in [6.07, 6.45) is 2.79. The number of hydrogen-bond donors (Lipinski definition) is 1. The van der Waals surface area contributed by atoms with Crippen LogP contribution in [0.2, 0.25) is 5.15 Å². The lowest BCUT2D eigenvalue weighted by atomic mass is 10.0. The van der Waals surface area contributed by atoms with Crippen LogP contribution in [0.4, 0.5) is 15.3 Å². The first-order chi connectivity index (χ1) is 18.1. The lowest BCUT2D eigenvalue weighted by molar-refractivity contribution is 0.0593. The number of aromatic nitrogens is 3. The molecule has 11 heteroatoms. The van der Waals surface area contributed by atoms with Gasteiger partial charge in [-0.1, -0.05) is 23.4 Å². The third kappa shape index (κ3) is 6.41. The molecule has 3 heterocycles. The van der Waals surface area contributed by atoms with Crippen LogP contribution >= 0.6 is 22.9 Å². The summed E-state index contributed by atoms with van der Waals surface area (Å²) in [5, 5.41) is 9.41. The van der Waals surface area contributed by atoms with Gasteiger partial charge in [0.25, 0.3) is 0 Å². The van der Waals surface area contributed by atoms with E-state index < -0.39 is 17.3 Å². The Labute approximate surface area is 230 Å². The lowest BCUT2D eigenvalue weighted by Crippen LogP contribution is -2.29. The van der Waals surface area contributed by atoms with Crippen LogP contribution in [-0.2, 0) is 17.6 Å². The summed E-state index contributed by atoms with van der Waals surface area (Å²) in [6.45, 7) is 6.43. The van der Waals surface area contributed by atoms with Gasteiger partial charge in [-0.3, -0.25) is 0 Å². The molecular formula is C27H29ClFN5O3S. The number of benzene rings is 1. The fourth-order valence-corrected chi connectivity index (χ4v) is 5.23. The first-order valence-corrected chi connectivity index (χ1v) is 13.4. The van der Waals surface area contributed by atoms with Crippen LogP contribution < -0.4 is 15.4 Å². The largest absolute Gasteiger partial charge is 0.491 e. The Bertz CT molecular complexity index is 1410. The third-order valence-corrected chi connectivity index (χ3v) is 7.39. The van der Waals surface area contributed by atoms with Crippen molar-refractivity contribution in [2.24, 2.45) is 5.73 Å². The molecule has 0 bridgehead atoms. The van der Waals surface area contributed by atoms with E-state index >= 15 is 0 Å². The molecule has 0 radical (unpaired) electrons. The van der Waals surface area contributed by atoms with Crippen molar-refractivity contribution in [3.05, 3.63) is 56.4 Å². The van der Waals surface area contributed by atoms with Crippen LogP contribution in [0.5, 0.6) is 5.75 Å². The van der Waals surface area contributed by atoms with E-state index in [1.54, 1.807) is 26.0 Å². The second-order valence-electron chi connectivity index (χ2n) is 9.50. The molecule has 4 rings (SSSR count). The normalized spacial score (nSPS) is 13.0. The predicted octanol–water partition coefficient (Wildman–Crippen LogP) is 5.01. The molecule has 0 fully saturated rings. The number of ether oxygens (including phenoxy) is 2. The van der Waals surface area contributed by atoms with Crippen LogP contribution in [0, 0.1) is 24.6 Å². The summed E-state index contributed by atoms with van der Waals surface area (Å²) in [5.41, 5.74) is 7.91. The summed E-state index contributed by atoms with van der Waals surface area (Å²) in [4.78, 5) is 19.8. The highest BCUT2D eigenvalue weighted by Gasteiger charge is 2.28. The first-order valence-electron chi connectivity index (χ1n) is 12.2. The van der Waals surface area contributed by atoms with E-state index in [1.807, 2.05) is 11.8 Å². The first kappa shape index (κ1) is 27.8. The Hall–Kier alpha value is -3.26. The van der Waals surface area contributed by atoms with E-state index in [-0.39, 0.29) is 18.1 Å². The second-order valence-corrected chi connectivity index (χ2v) is 10.9. The molecule has 1 aromatic carbocycles. The van der Waals surface area contributed by atoms with Gasteiger partial charge >= 0.3 is 5.97 Å². The number of nitrogens with zero attached hydrogens (tertiary/aromatic N) is 4. The highest BCUT2D eigenvalue weighted by molar-refractivity contribution is 7.16. The monoisotopic (exact) mass is 557 g/mol. The number of thiazole rings is 1. The molecule has 2 aromatic heterocycles. The van der Waals surface area contributed by atoms with Crippen LogP contribution in [0.3, 0.4) is 0 Å². The molecule has 0 spiro atoms. The number of hydrogen-bond acceptors (Lipinski definition) is 9. The van der Waals surface area contributed by atoms with Crippen molar-refractivity contribution in [3.8, 4) is 17.6 Å². The van der Waals surface area contributed by atoms with E-state index in [0.29, 0.717) is 41.1 Å². The topological polar surface area (TPSA) is 103 Å². The highest BCUT2D eigenvalue weighted by atomic mass is 35.5.